The number of benzene rings is 4. The van der Waals surface area contributed by atoms with Gasteiger partial charge in [0.25, 0.3) is 11.1 Å². The average molecular weight is 938 g/mol. The Morgan fingerprint density at radius 1 is 0.588 bits per heavy atom. The highest BCUT2D eigenvalue weighted by atomic mass is 19.1. The number of methoxy groups -OCH3 is 4. The van der Waals surface area contributed by atoms with Gasteiger partial charge in [0.15, 0.2) is 0 Å². The molecule has 2 fully saturated rings. The van der Waals surface area contributed by atoms with Crippen LogP contribution in [0.1, 0.15) is 127 Å². The van der Waals surface area contributed by atoms with E-state index >= 15 is 0 Å². The number of ketones is 1. The van der Waals surface area contributed by atoms with E-state index in [1.165, 1.54) is 37.8 Å². The molecule has 4 aromatic rings. The van der Waals surface area contributed by atoms with E-state index in [4.69, 9.17) is 46.8 Å². The van der Waals surface area contributed by atoms with Crippen molar-refractivity contribution >= 4 is 5.78 Å². The van der Waals surface area contributed by atoms with Crippen LogP contribution in [0.15, 0.2) is 72.8 Å². The topological polar surface area (TPSA) is 105 Å². The summed E-state index contributed by atoms with van der Waals surface area (Å²) in [6.07, 6.45) is 5.11. The molecule has 2 aliphatic heterocycles. The van der Waals surface area contributed by atoms with E-state index < -0.39 is 16.5 Å². The maximum Gasteiger partial charge on any atom is 0.252 e. The van der Waals surface area contributed by atoms with Gasteiger partial charge in [0, 0.05) is 76.6 Å². The monoisotopic (exact) mass is 938 g/mol. The van der Waals surface area contributed by atoms with Gasteiger partial charge in [0.1, 0.15) is 34.6 Å². The molecule has 372 valence electrons. The maximum absolute atomic E-state index is 12.4. The van der Waals surface area contributed by atoms with Gasteiger partial charge >= 0.3 is 0 Å². The lowest BCUT2D eigenvalue weighted by Gasteiger charge is -2.22. The summed E-state index contributed by atoms with van der Waals surface area (Å²) < 4.78 is 42.8. The molecule has 6 rings (SSSR count). The van der Waals surface area contributed by atoms with Crippen LogP contribution in [-0.2, 0) is 30.8 Å². The molecule has 0 radical (unpaired) electrons. The summed E-state index contributed by atoms with van der Waals surface area (Å²) in [5.41, 5.74) is 5.81. The molecule has 10 nitrogen and oxygen atoms in total. The molecule has 0 atom stereocenters. The number of nitrogens with zero attached hydrogens (tertiary/aromatic N) is 3. The minimum absolute atomic E-state index is 0.173. The van der Waals surface area contributed by atoms with Crippen LogP contribution >= 0.6 is 0 Å². The molecule has 11 heteroatoms. The number of carbonyl (C=O) groups is 1. The number of hydrogen-bond donors (Lipinski definition) is 0. The third-order valence-corrected chi connectivity index (χ3v) is 11.0. The highest BCUT2D eigenvalue weighted by molar-refractivity contribution is 5.87. The normalized spacial score (nSPS) is 12.4. The van der Waals surface area contributed by atoms with Gasteiger partial charge in [-0.15, -0.1) is 0 Å². The second kappa shape index (κ2) is 31.9. The second-order valence-corrected chi connectivity index (χ2v) is 18.1. The van der Waals surface area contributed by atoms with Crippen LogP contribution in [0, 0.1) is 63.9 Å². The SMILES string of the molecule is C1CCOC1.C1CCOC1.CC(C)C#N.COc1ccc(C(C)(C)C(C)=O)cc1C.COc1ccc(F)cc1C.[C-]#[N+]C(C)(C)c1ccc(OC)c(C)c1.[C-]#[N+]C(C)(C)c1ccc(OC)c(C)c1. The molecule has 2 heterocycles. The van der Waals surface area contributed by atoms with E-state index in [2.05, 4.69) is 9.69 Å². The van der Waals surface area contributed by atoms with Gasteiger partial charge in [-0.1, -0.05) is 12.1 Å². The van der Waals surface area contributed by atoms with E-state index in [0.717, 1.165) is 88.4 Å². The first-order valence-corrected chi connectivity index (χ1v) is 23.0. The highest BCUT2D eigenvalue weighted by Crippen LogP contribution is 2.31. The molecule has 0 bridgehead atoms. The first kappa shape index (κ1) is 62.1. The van der Waals surface area contributed by atoms with Gasteiger partial charge in [-0.25, -0.2) is 17.5 Å². The molecule has 2 aliphatic rings. The molecule has 0 saturated carbocycles. The summed E-state index contributed by atoms with van der Waals surface area (Å²) in [5.74, 6) is 3.46. The van der Waals surface area contributed by atoms with Gasteiger partial charge in [0.05, 0.1) is 34.5 Å². The minimum atomic E-state index is -0.447. The fourth-order valence-corrected chi connectivity index (χ4v) is 5.98. The van der Waals surface area contributed by atoms with Crippen molar-refractivity contribution in [3.05, 3.63) is 140 Å². The molecular weight excluding hydrogens is 858 g/mol. The number of hydrogen-bond acceptors (Lipinski definition) is 8. The Bertz CT molecular complexity index is 2140. The van der Waals surface area contributed by atoms with Crippen LogP contribution in [-0.4, -0.2) is 60.6 Å². The molecular formula is C57H80FN3O7. The van der Waals surface area contributed by atoms with Crippen LogP contribution in [0.5, 0.6) is 23.0 Å². The predicted octanol–water partition coefficient (Wildman–Crippen LogP) is 14.1. The van der Waals surface area contributed by atoms with E-state index in [-0.39, 0.29) is 17.5 Å². The molecule has 0 spiro atoms. The first-order valence-electron chi connectivity index (χ1n) is 23.0. The lowest BCUT2D eigenvalue weighted by atomic mass is 9.80. The minimum Gasteiger partial charge on any atom is -0.496 e. The zero-order chi connectivity index (χ0) is 52.1. The van der Waals surface area contributed by atoms with Gasteiger partial charge < -0.3 is 38.1 Å². The summed E-state index contributed by atoms with van der Waals surface area (Å²) in [5, 5.41) is 7.89. The Labute approximate surface area is 409 Å². The van der Waals surface area contributed by atoms with Crippen LogP contribution in [0.4, 0.5) is 4.39 Å². The molecule has 0 N–H and O–H groups in total. The van der Waals surface area contributed by atoms with Crippen LogP contribution in [0.2, 0.25) is 0 Å². The first-order chi connectivity index (χ1) is 31.9. The van der Waals surface area contributed by atoms with E-state index in [0.29, 0.717) is 0 Å². The van der Waals surface area contributed by atoms with Gasteiger partial charge in [0.2, 0.25) is 0 Å². The Morgan fingerprint density at radius 2 is 0.868 bits per heavy atom. The number of halogens is 1. The molecule has 68 heavy (non-hydrogen) atoms. The molecule has 0 aliphatic carbocycles. The van der Waals surface area contributed by atoms with Crippen LogP contribution in [0.25, 0.3) is 9.69 Å². The van der Waals surface area contributed by atoms with Crippen molar-refractivity contribution in [1.82, 2.24) is 0 Å². The lowest BCUT2D eigenvalue weighted by molar-refractivity contribution is -0.121. The molecule has 0 unspecified atom stereocenters. The van der Waals surface area contributed by atoms with Crippen molar-refractivity contribution in [2.45, 2.75) is 132 Å². The predicted molar refractivity (Wildman–Crippen MR) is 274 cm³/mol. The number of aryl methyl sites for hydroxylation is 4. The number of carbonyl (C=O) groups excluding carboxylic acids is 1. The summed E-state index contributed by atoms with van der Waals surface area (Å²) in [6, 6.07) is 24.1. The average Bonchev–Trinajstić information content (AvgIpc) is 4.11. The van der Waals surface area contributed by atoms with Crippen molar-refractivity contribution in [3.63, 3.8) is 0 Å². The third-order valence-electron chi connectivity index (χ3n) is 11.0. The van der Waals surface area contributed by atoms with Gasteiger partial charge in [-0.05, 0) is 176 Å². The fraction of sp³-hybridized carbons (Fsp3) is 0.509. The van der Waals surface area contributed by atoms with Crippen molar-refractivity contribution in [3.8, 4) is 29.1 Å². The quantitative estimate of drug-likeness (QED) is 0.161. The Hall–Kier alpha value is -5.93. The Kier molecular flexibility index (Phi) is 29.1. The molecule has 4 aromatic carbocycles. The lowest BCUT2D eigenvalue weighted by Crippen LogP contribution is -2.26. The Balaban J connectivity index is 0.000000801. The number of rotatable bonds is 8. The Morgan fingerprint density at radius 3 is 1.09 bits per heavy atom. The van der Waals surface area contributed by atoms with Crippen molar-refractivity contribution < 1.29 is 37.6 Å². The van der Waals surface area contributed by atoms with E-state index in [9.17, 15) is 9.18 Å². The summed E-state index contributed by atoms with van der Waals surface area (Å²) in [4.78, 5) is 18.7. The molecule has 0 amide bonds. The number of Topliss-reactive ketones (excluding diaryl/α,β-unsaturated/α-hetero) is 1. The zero-order valence-electron chi connectivity index (χ0n) is 44.2. The fourth-order valence-electron chi connectivity index (χ4n) is 5.98. The largest absolute Gasteiger partial charge is 0.496 e. The zero-order valence-corrected chi connectivity index (χ0v) is 44.2. The standard InChI is InChI=1S/C13H18O2.2C12H15NO.C8H9FO.C4H7N.2C4H8O/c1-9-8-11(6-7-12(9)15-5)13(3,4)10(2)14;2*1-9-8-10(12(2,3)13-4)6-7-11(9)14-5;1-6-5-7(9)3-4-8(6)10-2;1-4(2)3-5;2*1-2-4-5-3-1/h6-8H,1-5H3;2*6-8H,1-3,5H3;3-5H,1-2H3;4H,1-2H3;2*1-4H2. The summed E-state index contributed by atoms with van der Waals surface area (Å²) in [7, 11) is 6.53. The number of ether oxygens (including phenoxy) is 6. The van der Waals surface area contributed by atoms with Crippen LogP contribution < -0.4 is 18.9 Å². The van der Waals surface area contributed by atoms with Crippen molar-refractivity contribution in [1.29, 1.82) is 5.26 Å². The summed E-state index contributed by atoms with van der Waals surface area (Å²) >= 11 is 0. The second-order valence-electron chi connectivity index (χ2n) is 18.1. The third kappa shape index (κ3) is 22.7. The van der Waals surface area contributed by atoms with Crippen molar-refractivity contribution in [2.75, 3.05) is 54.9 Å². The van der Waals surface area contributed by atoms with Gasteiger partial charge in [-0.2, -0.15) is 5.26 Å². The summed E-state index contributed by atoms with van der Waals surface area (Å²) in [6.45, 7) is 42.9. The van der Waals surface area contributed by atoms with Gasteiger partial charge in [-0.3, -0.25) is 4.79 Å². The molecule has 0 aromatic heterocycles. The maximum atomic E-state index is 12.4. The van der Waals surface area contributed by atoms with E-state index in [1.807, 2.05) is 144 Å². The van der Waals surface area contributed by atoms with Crippen LogP contribution in [0.3, 0.4) is 0 Å². The van der Waals surface area contributed by atoms with E-state index in [1.54, 1.807) is 41.4 Å². The molecule has 2 saturated heterocycles. The number of nitriles is 1. The highest BCUT2D eigenvalue weighted by Gasteiger charge is 2.28. The van der Waals surface area contributed by atoms with Crippen molar-refractivity contribution in [2.24, 2.45) is 5.92 Å². The smallest absolute Gasteiger partial charge is 0.252 e.